The largest absolute Gasteiger partial charge is 0.451 e. The van der Waals surface area contributed by atoms with Gasteiger partial charge in [0.25, 0.3) is 5.91 Å². The highest BCUT2D eigenvalue weighted by Gasteiger charge is 2.25. The van der Waals surface area contributed by atoms with Crippen molar-refractivity contribution in [1.82, 2.24) is 5.32 Å². The zero-order valence-electron chi connectivity index (χ0n) is 18.3. The maximum Gasteiger partial charge on any atom is 0.287 e. The van der Waals surface area contributed by atoms with Gasteiger partial charge in [0, 0.05) is 42.9 Å². The second-order valence-electron chi connectivity index (χ2n) is 7.97. The molecule has 7 nitrogen and oxygen atoms in total. The molecule has 1 fully saturated rings. The lowest BCUT2D eigenvalue weighted by Crippen LogP contribution is -2.44. The fourth-order valence-corrected chi connectivity index (χ4v) is 5.02. The molecule has 32 heavy (non-hydrogen) atoms. The van der Waals surface area contributed by atoms with E-state index in [0.29, 0.717) is 22.8 Å². The van der Waals surface area contributed by atoms with Crippen molar-refractivity contribution >= 4 is 32.4 Å². The second kappa shape index (κ2) is 9.34. The molecule has 0 spiro atoms. The number of sulfone groups is 1. The first kappa shape index (κ1) is 22.4. The highest BCUT2D eigenvalue weighted by Crippen LogP contribution is 2.27. The van der Waals surface area contributed by atoms with E-state index in [-0.39, 0.29) is 17.7 Å². The van der Waals surface area contributed by atoms with Crippen LogP contribution in [0.25, 0.3) is 11.0 Å². The summed E-state index contributed by atoms with van der Waals surface area (Å²) in [5.41, 5.74) is 2.43. The maximum atomic E-state index is 13.0. The number of rotatable bonds is 7. The van der Waals surface area contributed by atoms with Crippen LogP contribution >= 0.6 is 0 Å². The molecule has 170 valence electrons. The number of para-hydroxylation sites is 1. The molecule has 2 aromatic carbocycles. The fraction of sp³-hybridized carbons (Fsp3) is 0.375. The van der Waals surface area contributed by atoms with E-state index in [1.54, 1.807) is 26.2 Å². The molecule has 1 aliphatic rings. The Morgan fingerprint density at radius 1 is 1.12 bits per heavy atom. The van der Waals surface area contributed by atoms with Crippen LogP contribution in [0.15, 0.2) is 57.8 Å². The van der Waals surface area contributed by atoms with Gasteiger partial charge in [0.1, 0.15) is 5.58 Å². The Hall–Kier alpha value is -2.84. The Morgan fingerprint density at radius 2 is 1.81 bits per heavy atom. The lowest BCUT2D eigenvalue weighted by atomic mass is 10.0. The number of methoxy groups -OCH3 is 1. The summed E-state index contributed by atoms with van der Waals surface area (Å²) in [6.45, 7) is 3.50. The zero-order valence-corrected chi connectivity index (χ0v) is 19.2. The minimum absolute atomic E-state index is 0.0436. The van der Waals surface area contributed by atoms with E-state index < -0.39 is 9.84 Å². The Morgan fingerprint density at radius 3 is 2.47 bits per heavy atom. The molecule has 0 unspecified atom stereocenters. The third-order valence-electron chi connectivity index (χ3n) is 5.96. The van der Waals surface area contributed by atoms with Gasteiger partial charge >= 0.3 is 0 Å². The summed E-state index contributed by atoms with van der Waals surface area (Å²) < 4.78 is 35.1. The third kappa shape index (κ3) is 4.52. The van der Waals surface area contributed by atoms with Crippen LogP contribution in [0.3, 0.4) is 0 Å². The van der Waals surface area contributed by atoms with E-state index in [1.807, 2.05) is 36.4 Å². The zero-order chi connectivity index (χ0) is 22.7. The number of piperidine rings is 1. The van der Waals surface area contributed by atoms with Crippen molar-refractivity contribution in [3.63, 3.8) is 0 Å². The second-order valence-corrected chi connectivity index (χ2v) is 10.2. The average molecular weight is 457 g/mol. The number of nitrogens with zero attached hydrogens (tertiary/aromatic N) is 1. The third-order valence-corrected chi connectivity index (χ3v) is 7.71. The van der Waals surface area contributed by atoms with E-state index in [4.69, 9.17) is 9.15 Å². The molecule has 0 radical (unpaired) electrons. The number of anilines is 1. The Bertz CT molecular complexity index is 1190. The van der Waals surface area contributed by atoms with Gasteiger partial charge in [-0.25, -0.2) is 8.42 Å². The van der Waals surface area contributed by atoms with Crippen molar-refractivity contribution in [3.8, 4) is 0 Å². The minimum atomic E-state index is -3.20. The van der Waals surface area contributed by atoms with Crippen molar-refractivity contribution in [3.05, 3.63) is 59.9 Å². The maximum absolute atomic E-state index is 13.0. The highest BCUT2D eigenvalue weighted by molar-refractivity contribution is 7.91. The molecule has 1 saturated heterocycles. The molecule has 1 aliphatic heterocycles. The fourth-order valence-electron chi connectivity index (χ4n) is 4.13. The number of fused-ring (bicyclic) bond motifs is 1. The summed E-state index contributed by atoms with van der Waals surface area (Å²) in [6.07, 6.45) is 1.58. The van der Waals surface area contributed by atoms with E-state index >= 15 is 0 Å². The quantitative estimate of drug-likeness (QED) is 0.582. The number of carbonyl (C=O) groups is 1. The van der Waals surface area contributed by atoms with Crippen LogP contribution in [0, 0.1) is 0 Å². The van der Waals surface area contributed by atoms with Crippen LogP contribution in [-0.4, -0.2) is 46.3 Å². The van der Waals surface area contributed by atoms with Crippen LogP contribution in [0.2, 0.25) is 0 Å². The number of furan rings is 1. The van der Waals surface area contributed by atoms with Crippen molar-refractivity contribution in [2.24, 2.45) is 0 Å². The molecule has 8 heteroatoms. The van der Waals surface area contributed by atoms with Crippen LogP contribution in [0.4, 0.5) is 5.69 Å². The molecule has 0 atom stereocenters. The molecular weight excluding hydrogens is 428 g/mol. The predicted molar refractivity (Wildman–Crippen MR) is 124 cm³/mol. The summed E-state index contributed by atoms with van der Waals surface area (Å²) >= 11 is 0. The molecule has 1 aromatic heterocycles. The summed E-state index contributed by atoms with van der Waals surface area (Å²) in [5.74, 6) is 0.179. The predicted octanol–water partition coefficient (Wildman–Crippen LogP) is 3.77. The van der Waals surface area contributed by atoms with E-state index in [0.717, 1.165) is 42.6 Å². The van der Waals surface area contributed by atoms with Crippen molar-refractivity contribution in [2.75, 3.05) is 30.9 Å². The van der Waals surface area contributed by atoms with Crippen LogP contribution in [0.1, 0.15) is 35.9 Å². The standard InChI is InChI=1S/C24H28N2O5S/c1-3-32(28,29)19-10-8-18(9-11-19)26-14-12-17(13-15-26)25-24(27)23-21(16-30-2)20-6-4-5-7-22(20)31-23/h4-11,17H,3,12-16H2,1-2H3,(H,25,27). The SMILES string of the molecule is CCS(=O)(=O)c1ccc(N2CCC(NC(=O)c3oc4ccccc4c3COC)CC2)cc1. The van der Waals surface area contributed by atoms with Gasteiger partial charge in [0.05, 0.1) is 17.3 Å². The summed E-state index contributed by atoms with van der Waals surface area (Å²) in [5, 5.41) is 4.00. The number of hydrogen-bond acceptors (Lipinski definition) is 6. The van der Waals surface area contributed by atoms with Crippen molar-refractivity contribution in [1.29, 1.82) is 0 Å². The van der Waals surface area contributed by atoms with Crippen molar-refractivity contribution in [2.45, 2.75) is 37.3 Å². The first-order chi connectivity index (χ1) is 15.4. The summed E-state index contributed by atoms with van der Waals surface area (Å²) in [4.78, 5) is 15.5. The minimum Gasteiger partial charge on any atom is -0.451 e. The van der Waals surface area contributed by atoms with Crippen LogP contribution in [-0.2, 0) is 21.2 Å². The van der Waals surface area contributed by atoms with Crippen LogP contribution < -0.4 is 10.2 Å². The van der Waals surface area contributed by atoms with E-state index in [1.165, 1.54) is 0 Å². The normalized spacial score (nSPS) is 15.2. The van der Waals surface area contributed by atoms with Gasteiger partial charge in [-0.3, -0.25) is 4.79 Å². The van der Waals surface area contributed by atoms with Gasteiger partial charge in [-0.15, -0.1) is 0 Å². The van der Waals surface area contributed by atoms with Crippen molar-refractivity contribution < 1.29 is 22.4 Å². The number of nitrogens with one attached hydrogen (secondary N) is 1. The topological polar surface area (TPSA) is 88.9 Å². The lowest BCUT2D eigenvalue weighted by Gasteiger charge is -2.34. The van der Waals surface area contributed by atoms with Gasteiger partial charge in [-0.2, -0.15) is 0 Å². The molecule has 2 heterocycles. The molecule has 1 amide bonds. The smallest absolute Gasteiger partial charge is 0.287 e. The average Bonchev–Trinajstić information content (AvgIpc) is 3.19. The number of amides is 1. The number of carbonyl (C=O) groups excluding carboxylic acids is 1. The molecule has 0 bridgehead atoms. The lowest BCUT2D eigenvalue weighted by molar-refractivity contribution is 0.0898. The van der Waals surface area contributed by atoms with E-state index in [9.17, 15) is 13.2 Å². The first-order valence-electron chi connectivity index (χ1n) is 10.8. The van der Waals surface area contributed by atoms with Gasteiger partial charge in [-0.1, -0.05) is 25.1 Å². The molecular formula is C24H28N2O5S. The van der Waals surface area contributed by atoms with Gasteiger partial charge in [-0.05, 0) is 43.2 Å². The number of benzene rings is 2. The van der Waals surface area contributed by atoms with Crippen LogP contribution in [0.5, 0.6) is 0 Å². The monoisotopic (exact) mass is 456 g/mol. The molecule has 1 N–H and O–H groups in total. The summed E-state index contributed by atoms with van der Waals surface area (Å²) in [7, 11) is -1.60. The highest BCUT2D eigenvalue weighted by atomic mass is 32.2. The molecule has 3 aromatic rings. The first-order valence-corrected chi connectivity index (χ1v) is 12.5. The molecule has 4 rings (SSSR count). The molecule has 0 aliphatic carbocycles. The molecule has 0 saturated carbocycles. The number of ether oxygens (including phenoxy) is 1. The van der Waals surface area contributed by atoms with Gasteiger partial charge in [0.15, 0.2) is 15.6 Å². The Labute approximate surface area is 188 Å². The Kier molecular flexibility index (Phi) is 6.53. The summed E-state index contributed by atoms with van der Waals surface area (Å²) in [6, 6.07) is 14.7. The Balaban J connectivity index is 1.40. The van der Waals surface area contributed by atoms with Gasteiger partial charge in [0.2, 0.25) is 0 Å². The number of hydrogen-bond donors (Lipinski definition) is 1. The van der Waals surface area contributed by atoms with Gasteiger partial charge < -0.3 is 19.4 Å². The van der Waals surface area contributed by atoms with E-state index in [2.05, 4.69) is 10.2 Å².